The van der Waals surface area contributed by atoms with E-state index in [0.29, 0.717) is 0 Å². The molecule has 20 heavy (non-hydrogen) atoms. The smallest absolute Gasteiger partial charge is 0.114 e. The lowest BCUT2D eigenvalue weighted by atomic mass is 9.72. The van der Waals surface area contributed by atoms with Crippen LogP contribution in [0.25, 0.3) is 0 Å². The van der Waals surface area contributed by atoms with E-state index in [2.05, 4.69) is 18.1 Å². The fourth-order valence-electron chi connectivity index (χ4n) is 3.24. The molecule has 110 valence electrons. The van der Waals surface area contributed by atoms with Crippen molar-refractivity contribution in [1.29, 1.82) is 5.26 Å². The zero-order chi connectivity index (χ0) is 14.4. The lowest BCUT2D eigenvalue weighted by Crippen LogP contribution is -2.30. The average Bonchev–Trinajstić information content (AvgIpc) is 2.87. The van der Waals surface area contributed by atoms with Crippen LogP contribution >= 0.6 is 0 Å². The first-order chi connectivity index (χ1) is 9.73. The van der Waals surface area contributed by atoms with Crippen molar-refractivity contribution in [2.75, 3.05) is 0 Å². The van der Waals surface area contributed by atoms with Gasteiger partial charge in [-0.15, -0.1) is 0 Å². The Kier molecular flexibility index (Phi) is 5.19. The second-order valence-corrected chi connectivity index (χ2v) is 5.92. The molecule has 0 spiro atoms. The van der Waals surface area contributed by atoms with E-state index in [0.717, 1.165) is 44.3 Å². The van der Waals surface area contributed by atoms with Crippen molar-refractivity contribution in [3.8, 4) is 6.07 Å². The first-order valence-corrected chi connectivity index (χ1v) is 7.84. The van der Waals surface area contributed by atoms with E-state index in [1.165, 1.54) is 19.3 Å². The van der Waals surface area contributed by atoms with Gasteiger partial charge in [0, 0.05) is 12.7 Å². The molecular formula is C16H25N3O. The molecule has 1 heterocycles. The molecule has 1 aliphatic carbocycles. The molecule has 1 unspecified atom stereocenters. The standard InChI is InChI=1S/C16H25N3O/c1-2-12-19-14(8-11-18-19)15(20)16(13-17)9-6-4-3-5-7-10-16/h8,11,15,20H,2-7,9-10,12H2,1H3. The molecule has 1 aromatic rings. The Balaban J connectivity index is 2.24. The number of aryl methyl sites for hydroxylation is 1. The lowest BCUT2D eigenvalue weighted by molar-refractivity contribution is 0.0363. The Morgan fingerprint density at radius 1 is 1.35 bits per heavy atom. The molecular weight excluding hydrogens is 250 g/mol. The highest BCUT2D eigenvalue weighted by molar-refractivity contribution is 5.15. The van der Waals surface area contributed by atoms with E-state index in [1.807, 2.05) is 10.7 Å². The number of nitriles is 1. The third-order valence-electron chi connectivity index (χ3n) is 4.46. The monoisotopic (exact) mass is 275 g/mol. The minimum absolute atomic E-state index is 0.633. The van der Waals surface area contributed by atoms with Gasteiger partial charge in [0.1, 0.15) is 6.10 Å². The fraction of sp³-hybridized carbons (Fsp3) is 0.750. The number of hydrogen-bond donors (Lipinski definition) is 1. The zero-order valence-electron chi connectivity index (χ0n) is 12.4. The molecule has 0 radical (unpaired) electrons. The van der Waals surface area contributed by atoms with Crippen LogP contribution in [-0.2, 0) is 6.54 Å². The molecule has 4 nitrogen and oxygen atoms in total. The maximum absolute atomic E-state index is 10.8. The Morgan fingerprint density at radius 3 is 2.60 bits per heavy atom. The Labute approximate surface area is 121 Å². The quantitative estimate of drug-likeness (QED) is 0.913. The van der Waals surface area contributed by atoms with Crippen LogP contribution in [-0.4, -0.2) is 14.9 Å². The SMILES string of the molecule is CCCn1nccc1C(O)C1(C#N)CCCCCCC1. The second kappa shape index (κ2) is 6.90. The van der Waals surface area contributed by atoms with Crippen LogP contribution in [0.3, 0.4) is 0 Å². The van der Waals surface area contributed by atoms with Gasteiger partial charge in [0.25, 0.3) is 0 Å². The van der Waals surface area contributed by atoms with E-state index in [1.54, 1.807) is 6.20 Å². The summed E-state index contributed by atoms with van der Waals surface area (Å²) in [7, 11) is 0. The fourth-order valence-corrected chi connectivity index (χ4v) is 3.24. The predicted molar refractivity (Wildman–Crippen MR) is 77.8 cm³/mol. The zero-order valence-corrected chi connectivity index (χ0v) is 12.4. The molecule has 1 saturated carbocycles. The molecule has 2 rings (SSSR count). The van der Waals surface area contributed by atoms with Crippen LogP contribution in [0.1, 0.15) is 70.1 Å². The minimum Gasteiger partial charge on any atom is -0.385 e. The molecule has 4 heteroatoms. The third kappa shape index (κ3) is 3.04. The van der Waals surface area contributed by atoms with E-state index < -0.39 is 11.5 Å². The summed E-state index contributed by atoms with van der Waals surface area (Å²) in [5.41, 5.74) is 0.167. The van der Waals surface area contributed by atoms with Crippen LogP contribution in [0.2, 0.25) is 0 Å². The number of nitrogens with zero attached hydrogens (tertiary/aromatic N) is 3. The predicted octanol–water partition coefficient (Wildman–Crippen LogP) is 3.58. The summed E-state index contributed by atoms with van der Waals surface area (Å²) in [5.74, 6) is 0. The first kappa shape index (κ1) is 15.1. The number of hydrogen-bond acceptors (Lipinski definition) is 3. The van der Waals surface area contributed by atoms with Gasteiger partial charge in [0.2, 0.25) is 0 Å². The van der Waals surface area contributed by atoms with Crippen molar-refractivity contribution in [1.82, 2.24) is 9.78 Å². The Hall–Kier alpha value is -1.34. The Bertz CT molecular complexity index is 453. The summed E-state index contributed by atoms with van der Waals surface area (Å²) in [6.07, 6.45) is 9.23. The van der Waals surface area contributed by atoms with Crippen molar-refractivity contribution < 1.29 is 5.11 Å². The van der Waals surface area contributed by atoms with E-state index >= 15 is 0 Å². The van der Waals surface area contributed by atoms with Crippen LogP contribution in [0.4, 0.5) is 0 Å². The minimum atomic E-state index is -0.723. The topological polar surface area (TPSA) is 61.8 Å². The largest absolute Gasteiger partial charge is 0.385 e. The highest BCUT2D eigenvalue weighted by atomic mass is 16.3. The molecule has 1 atom stereocenters. The summed E-state index contributed by atoms with van der Waals surface area (Å²) < 4.78 is 1.85. The van der Waals surface area contributed by atoms with Gasteiger partial charge >= 0.3 is 0 Å². The number of aromatic nitrogens is 2. The second-order valence-electron chi connectivity index (χ2n) is 5.92. The van der Waals surface area contributed by atoms with Gasteiger partial charge in [-0.25, -0.2) is 0 Å². The molecule has 1 aromatic heterocycles. The van der Waals surface area contributed by atoms with E-state index in [4.69, 9.17) is 0 Å². The molecule has 0 bridgehead atoms. The molecule has 1 N–H and O–H groups in total. The molecule has 0 aromatic carbocycles. The summed E-state index contributed by atoms with van der Waals surface area (Å²) in [4.78, 5) is 0. The van der Waals surface area contributed by atoms with Gasteiger partial charge in [-0.1, -0.05) is 39.0 Å². The number of aliphatic hydroxyl groups is 1. The van der Waals surface area contributed by atoms with Gasteiger partial charge < -0.3 is 5.11 Å². The van der Waals surface area contributed by atoms with E-state index in [9.17, 15) is 10.4 Å². The van der Waals surface area contributed by atoms with Crippen LogP contribution < -0.4 is 0 Å². The van der Waals surface area contributed by atoms with Crippen LogP contribution in [0.15, 0.2) is 12.3 Å². The molecule has 0 saturated heterocycles. The van der Waals surface area contributed by atoms with Gasteiger partial charge in [-0.2, -0.15) is 10.4 Å². The summed E-state index contributed by atoms with van der Waals surface area (Å²) >= 11 is 0. The number of rotatable bonds is 4. The molecule has 0 amide bonds. The van der Waals surface area contributed by atoms with Gasteiger partial charge in [0.05, 0.1) is 17.2 Å². The van der Waals surface area contributed by atoms with Crippen molar-refractivity contribution >= 4 is 0 Å². The summed E-state index contributed by atoms with van der Waals surface area (Å²) in [6.45, 7) is 2.88. The van der Waals surface area contributed by atoms with Gasteiger partial charge in [0.15, 0.2) is 0 Å². The summed E-state index contributed by atoms with van der Waals surface area (Å²) in [6, 6.07) is 4.31. The Morgan fingerprint density at radius 2 is 2.00 bits per heavy atom. The highest BCUT2D eigenvalue weighted by Gasteiger charge is 2.40. The van der Waals surface area contributed by atoms with Crippen molar-refractivity contribution in [3.63, 3.8) is 0 Å². The normalized spacial score (nSPS) is 20.6. The van der Waals surface area contributed by atoms with Crippen LogP contribution in [0.5, 0.6) is 0 Å². The third-order valence-corrected chi connectivity index (χ3v) is 4.46. The number of aliphatic hydroxyl groups excluding tert-OH is 1. The lowest BCUT2D eigenvalue weighted by Gasteiger charge is -2.33. The van der Waals surface area contributed by atoms with E-state index in [-0.39, 0.29) is 0 Å². The maximum Gasteiger partial charge on any atom is 0.114 e. The van der Waals surface area contributed by atoms with Crippen molar-refractivity contribution in [2.24, 2.45) is 5.41 Å². The molecule has 1 fully saturated rings. The van der Waals surface area contributed by atoms with Gasteiger partial charge in [-0.3, -0.25) is 4.68 Å². The molecule has 1 aliphatic rings. The average molecular weight is 275 g/mol. The van der Waals surface area contributed by atoms with Gasteiger partial charge in [-0.05, 0) is 25.3 Å². The van der Waals surface area contributed by atoms with Crippen LogP contribution in [0, 0.1) is 16.7 Å². The summed E-state index contributed by atoms with van der Waals surface area (Å²) in [5, 5.41) is 24.8. The van der Waals surface area contributed by atoms with Crippen molar-refractivity contribution in [3.05, 3.63) is 18.0 Å². The highest BCUT2D eigenvalue weighted by Crippen LogP contribution is 2.43. The van der Waals surface area contributed by atoms with Crippen molar-refractivity contribution in [2.45, 2.75) is 70.9 Å². The maximum atomic E-state index is 10.8. The first-order valence-electron chi connectivity index (χ1n) is 7.84. The molecule has 0 aliphatic heterocycles.